The quantitative estimate of drug-likeness (QED) is 0.523. The van der Waals surface area contributed by atoms with Crippen molar-refractivity contribution in [2.24, 2.45) is 0 Å². The fraction of sp³-hybridized carbons (Fsp3) is 0.348. The fourth-order valence-corrected chi connectivity index (χ4v) is 3.61. The van der Waals surface area contributed by atoms with Gasteiger partial charge in [0.25, 0.3) is 5.91 Å². The molecule has 2 aromatic carbocycles. The smallest absolute Gasteiger partial charge is 0.315 e. The molecule has 1 heterocycles. The number of benzene rings is 2. The van der Waals surface area contributed by atoms with E-state index < -0.39 is 5.97 Å². The molecule has 0 bridgehead atoms. The number of carbonyl (C=O) groups excluding carboxylic acids is 3. The Bertz CT molecular complexity index is 942. The number of piperidine rings is 1. The normalized spacial score (nSPS) is 14.1. The summed E-state index contributed by atoms with van der Waals surface area (Å²) in [6.45, 7) is 1.56. The van der Waals surface area contributed by atoms with Gasteiger partial charge >= 0.3 is 5.97 Å². The van der Waals surface area contributed by atoms with Crippen LogP contribution in [0.4, 0.5) is 10.1 Å². The zero-order chi connectivity index (χ0) is 22.2. The topological polar surface area (TPSA) is 87.7 Å². The summed E-state index contributed by atoms with van der Waals surface area (Å²) >= 11 is 0. The summed E-state index contributed by atoms with van der Waals surface area (Å²) in [6, 6.07) is 13.4. The Hall–Kier alpha value is -3.42. The molecule has 0 radical (unpaired) electrons. The Kier molecular flexibility index (Phi) is 7.59. The molecule has 0 aliphatic carbocycles. The lowest BCUT2D eigenvalue weighted by molar-refractivity contribution is -0.144. The molecule has 8 heteroatoms. The Morgan fingerprint density at radius 1 is 1.10 bits per heavy atom. The first-order valence-corrected chi connectivity index (χ1v) is 10.2. The number of para-hydroxylation sites is 1. The highest BCUT2D eigenvalue weighted by Gasteiger charge is 2.24. The summed E-state index contributed by atoms with van der Waals surface area (Å²) in [5.41, 5.74) is 2.06. The van der Waals surface area contributed by atoms with Crippen LogP contribution < -0.4 is 15.5 Å². The number of hydrogen-bond acceptors (Lipinski definition) is 5. The number of rotatable bonds is 7. The van der Waals surface area contributed by atoms with Crippen LogP contribution in [0.3, 0.4) is 0 Å². The van der Waals surface area contributed by atoms with Crippen molar-refractivity contribution in [3.63, 3.8) is 0 Å². The molecule has 0 spiro atoms. The Balaban J connectivity index is 1.57. The van der Waals surface area contributed by atoms with Crippen LogP contribution >= 0.6 is 0 Å². The van der Waals surface area contributed by atoms with E-state index in [1.807, 2.05) is 12.1 Å². The van der Waals surface area contributed by atoms with Crippen molar-refractivity contribution in [3.05, 3.63) is 65.5 Å². The first kappa shape index (κ1) is 22.3. The average molecular weight is 427 g/mol. The maximum atomic E-state index is 13.3. The minimum absolute atomic E-state index is 0.0256. The van der Waals surface area contributed by atoms with Crippen molar-refractivity contribution in [2.45, 2.75) is 31.8 Å². The number of nitrogens with one attached hydrogen (secondary N) is 2. The number of nitrogens with zero attached hydrogens (tertiary/aromatic N) is 1. The van der Waals surface area contributed by atoms with Crippen molar-refractivity contribution in [2.75, 3.05) is 25.1 Å². The summed E-state index contributed by atoms with van der Waals surface area (Å²) in [5.74, 6) is -1.47. The minimum Gasteiger partial charge on any atom is -0.469 e. The second-order valence-corrected chi connectivity index (χ2v) is 7.41. The summed E-state index contributed by atoms with van der Waals surface area (Å²) in [6.07, 6.45) is 1.11. The van der Waals surface area contributed by atoms with Gasteiger partial charge in [-0.2, -0.15) is 0 Å². The van der Waals surface area contributed by atoms with E-state index in [1.54, 1.807) is 24.3 Å². The predicted molar refractivity (Wildman–Crippen MR) is 114 cm³/mol. The van der Waals surface area contributed by atoms with Crippen molar-refractivity contribution < 1.29 is 23.5 Å². The number of hydrogen-bond donors (Lipinski definition) is 2. The molecule has 0 saturated carbocycles. The molecule has 0 aromatic heterocycles. The molecular formula is C23H26FN3O4. The van der Waals surface area contributed by atoms with Crippen LogP contribution in [0.2, 0.25) is 0 Å². The van der Waals surface area contributed by atoms with Crippen LogP contribution in [0.25, 0.3) is 0 Å². The molecule has 0 atom stereocenters. The van der Waals surface area contributed by atoms with Gasteiger partial charge in [0.05, 0.1) is 12.7 Å². The van der Waals surface area contributed by atoms with Gasteiger partial charge < -0.3 is 20.3 Å². The van der Waals surface area contributed by atoms with Crippen LogP contribution in [0, 0.1) is 5.82 Å². The largest absolute Gasteiger partial charge is 0.469 e. The first-order chi connectivity index (χ1) is 15.0. The van der Waals surface area contributed by atoms with Gasteiger partial charge in [-0.1, -0.05) is 24.3 Å². The Morgan fingerprint density at radius 2 is 1.84 bits per heavy atom. The molecule has 0 unspecified atom stereocenters. The van der Waals surface area contributed by atoms with Crippen LogP contribution in [0.5, 0.6) is 0 Å². The molecule has 1 aliphatic heterocycles. The molecule has 3 rings (SSSR count). The highest BCUT2D eigenvalue weighted by atomic mass is 19.1. The molecular weight excluding hydrogens is 401 g/mol. The molecule has 1 saturated heterocycles. The van der Waals surface area contributed by atoms with Gasteiger partial charge in [-0.15, -0.1) is 0 Å². The second-order valence-electron chi connectivity index (χ2n) is 7.41. The summed E-state index contributed by atoms with van der Waals surface area (Å²) in [5, 5.41) is 5.71. The molecule has 2 aromatic rings. The summed E-state index contributed by atoms with van der Waals surface area (Å²) in [7, 11) is 1.25. The zero-order valence-corrected chi connectivity index (χ0v) is 17.4. The molecule has 31 heavy (non-hydrogen) atoms. The number of methoxy groups -OCH3 is 1. The Labute approximate surface area is 180 Å². The lowest BCUT2D eigenvalue weighted by atomic mass is 10.0. The number of amides is 2. The SMILES string of the molecule is COC(=O)CC(=O)NC1CCN(c2ccccc2C(=O)NCc2cccc(F)c2)CC1. The summed E-state index contributed by atoms with van der Waals surface area (Å²) < 4.78 is 17.9. The van der Waals surface area contributed by atoms with Crippen LogP contribution in [0.15, 0.2) is 48.5 Å². The van der Waals surface area contributed by atoms with E-state index in [0.717, 1.165) is 5.69 Å². The Morgan fingerprint density at radius 3 is 2.55 bits per heavy atom. The van der Waals surface area contributed by atoms with Gasteiger partial charge in [0.2, 0.25) is 5.91 Å². The number of halogens is 1. The van der Waals surface area contributed by atoms with E-state index in [-0.39, 0.29) is 36.6 Å². The summed E-state index contributed by atoms with van der Waals surface area (Å²) in [4.78, 5) is 38.0. The van der Waals surface area contributed by atoms with Gasteiger partial charge in [-0.05, 0) is 42.7 Å². The van der Waals surface area contributed by atoms with Crippen LogP contribution in [0.1, 0.15) is 35.2 Å². The van der Waals surface area contributed by atoms with E-state index in [1.165, 1.54) is 19.2 Å². The fourth-order valence-electron chi connectivity index (χ4n) is 3.61. The van der Waals surface area contributed by atoms with Gasteiger partial charge in [0.15, 0.2) is 0 Å². The van der Waals surface area contributed by atoms with E-state index in [4.69, 9.17) is 0 Å². The zero-order valence-electron chi connectivity index (χ0n) is 17.4. The number of carbonyl (C=O) groups is 3. The molecule has 7 nitrogen and oxygen atoms in total. The standard InChI is InChI=1S/C23H26FN3O4/c1-31-22(29)14-21(28)26-18-9-11-27(12-10-18)20-8-3-2-7-19(20)23(30)25-15-16-5-4-6-17(24)13-16/h2-8,13,18H,9-12,14-15H2,1H3,(H,25,30)(H,26,28). The third kappa shape index (κ3) is 6.28. The highest BCUT2D eigenvalue weighted by molar-refractivity contribution is 5.99. The molecule has 2 amide bonds. The van der Waals surface area contributed by atoms with Crippen molar-refractivity contribution in [1.82, 2.24) is 10.6 Å². The van der Waals surface area contributed by atoms with Crippen LogP contribution in [-0.2, 0) is 20.9 Å². The van der Waals surface area contributed by atoms with E-state index in [9.17, 15) is 18.8 Å². The minimum atomic E-state index is -0.562. The predicted octanol–water partition coefficient (Wildman–Crippen LogP) is 2.40. The monoisotopic (exact) mass is 427 g/mol. The van der Waals surface area contributed by atoms with Gasteiger partial charge in [-0.25, -0.2) is 4.39 Å². The molecule has 164 valence electrons. The van der Waals surface area contributed by atoms with Crippen molar-refractivity contribution in [1.29, 1.82) is 0 Å². The van der Waals surface area contributed by atoms with Gasteiger partial charge in [-0.3, -0.25) is 14.4 Å². The lowest BCUT2D eigenvalue weighted by Gasteiger charge is -2.34. The average Bonchev–Trinajstić information content (AvgIpc) is 2.78. The molecule has 1 aliphatic rings. The molecule has 1 fully saturated rings. The number of anilines is 1. The third-order valence-corrected chi connectivity index (χ3v) is 5.22. The van der Waals surface area contributed by atoms with Crippen molar-refractivity contribution >= 4 is 23.5 Å². The van der Waals surface area contributed by atoms with E-state index >= 15 is 0 Å². The first-order valence-electron chi connectivity index (χ1n) is 10.2. The van der Waals surface area contributed by atoms with Crippen LogP contribution in [-0.4, -0.2) is 44.0 Å². The van der Waals surface area contributed by atoms with E-state index in [0.29, 0.717) is 37.1 Å². The second kappa shape index (κ2) is 10.6. The number of esters is 1. The highest BCUT2D eigenvalue weighted by Crippen LogP contribution is 2.24. The van der Waals surface area contributed by atoms with Gasteiger partial charge in [0, 0.05) is 31.4 Å². The maximum Gasteiger partial charge on any atom is 0.315 e. The van der Waals surface area contributed by atoms with E-state index in [2.05, 4.69) is 20.3 Å². The maximum absolute atomic E-state index is 13.3. The van der Waals surface area contributed by atoms with Crippen molar-refractivity contribution in [3.8, 4) is 0 Å². The lowest BCUT2D eigenvalue weighted by Crippen LogP contribution is -2.45. The third-order valence-electron chi connectivity index (χ3n) is 5.22. The molecule has 2 N–H and O–H groups in total. The van der Waals surface area contributed by atoms with Gasteiger partial charge in [0.1, 0.15) is 12.2 Å². The number of ether oxygens (including phenoxy) is 1.